The number of ether oxygens (including phenoxy) is 1. The first-order valence-electron chi connectivity index (χ1n) is 9.67. The molecule has 2 heterocycles. The lowest BCUT2D eigenvalue weighted by Gasteiger charge is -2.06. The number of carbonyl (C=O) groups is 1. The summed E-state index contributed by atoms with van der Waals surface area (Å²) in [7, 11) is 0. The van der Waals surface area contributed by atoms with Crippen molar-refractivity contribution in [3.63, 3.8) is 0 Å². The van der Waals surface area contributed by atoms with Gasteiger partial charge >= 0.3 is 0 Å². The van der Waals surface area contributed by atoms with Gasteiger partial charge in [0.05, 0.1) is 12.3 Å². The summed E-state index contributed by atoms with van der Waals surface area (Å²) < 4.78 is 7.26. The average Bonchev–Trinajstić information content (AvgIpc) is 3.29. The second-order valence-electron chi connectivity index (χ2n) is 6.71. The van der Waals surface area contributed by atoms with Gasteiger partial charge in [0.15, 0.2) is 5.82 Å². The van der Waals surface area contributed by atoms with E-state index in [1.165, 1.54) is 0 Å². The minimum Gasteiger partial charge on any atom is -0.494 e. The SMILES string of the molecule is CCOc1ccc(C(=O)NCCc2sc3nc(-c4ccc(Cl)cc4)nn3c2C)cc1. The normalized spacial score (nSPS) is 11.0. The number of nitrogens with one attached hydrogen (secondary N) is 1. The molecule has 0 unspecified atom stereocenters. The molecule has 0 spiro atoms. The average molecular weight is 441 g/mol. The fourth-order valence-electron chi connectivity index (χ4n) is 3.10. The molecule has 0 aliphatic carbocycles. The van der Waals surface area contributed by atoms with E-state index in [2.05, 4.69) is 15.4 Å². The Morgan fingerprint density at radius 3 is 2.57 bits per heavy atom. The van der Waals surface area contributed by atoms with Crippen LogP contribution in [0.3, 0.4) is 0 Å². The largest absolute Gasteiger partial charge is 0.494 e. The third-order valence-electron chi connectivity index (χ3n) is 4.68. The maximum atomic E-state index is 12.3. The summed E-state index contributed by atoms with van der Waals surface area (Å²) in [5.74, 6) is 1.34. The smallest absolute Gasteiger partial charge is 0.251 e. The minimum atomic E-state index is -0.0971. The van der Waals surface area contributed by atoms with E-state index in [9.17, 15) is 4.79 Å². The number of thiazole rings is 1. The molecule has 0 saturated carbocycles. The number of amides is 1. The molecule has 30 heavy (non-hydrogen) atoms. The Labute approximate surface area is 183 Å². The zero-order chi connectivity index (χ0) is 21.1. The summed E-state index contributed by atoms with van der Waals surface area (Å²) in [4.78, 5) is 19.0. The molecule has 0 fully saturated rings. The Hall–Kier alpha value is -2.90. The molecule has 4 rings (SSSR count). The Balaban J connectivity index is 1.39. The first-order chi connectivity index (χ1) is 14.5. The van der Waals surface area contributed by atoms with E-state index in [1.54, 1.807) is 35.6 Å². The van der Waals surface area contributed by atoms with Crippen LogP contribution >= 0.6 is 22.9 Å². The summed E-state index contributed by atoms with van der Waals surface area (Å²) in [6.07, 6.45) is 0.723. The van der Waals surface area contributed by atoms with Gasteiger partial charge in [-0.3, -0.25) is 4.79 Å². The molecule has 154 valence electrons. The number of hydrogen-bond donors (Lipinski definition) is 1. The van der Waals surface area contributed by atoms with Crippen LogP contribution in [-0.2, 0) is 6.42 Å². The van der Waals surface area contributed by atoms with E-state index >= 15 is 0 Å². The van der Waals surface area contributed by atoms with Gasteiger partial charge in [0.1, 0.15) is 5.75 Å². The van der Waals surface area contributed by atoms with Gasteiger partial charge in [-0.05, 0) is 62.4 Å². The predicted octanol–water partition coefficient (Wildman–Crippen LogP) is 4.79. The first-order valence-corrected chi connectivity index (χ1v) is 10.9. The predicted molar refractivity (Wildman–Crippen MR) is 120 cm³/mol. The summed E-state index contributed by atoms with van der Waals surface area (Å²) in [6.45, 7) is 5.09. The van der Waals surface area contributed by atoms with Crippen LogP contribution in [0.25, 0.3) is 16.3 Å². The monoisotopic (exact) mass is 440 g/mol. The summed E-state index contributed by atoms with van der Waals surface area (Å²) in [6, 6.07) is 14.6. The number of fused-ring (bicyclic) bond motifs is 1. The maximum Gasteiger partial charge on any atom is 0.251 e. The Kier molecular flexibility index (Phi) is 6.01. The number of hydrogen-bond acceptors (Lipinski definition) is 5. The number of benzene rings is 2. The first kappa shape index (κ1) is 20.4. The second kappa shape index (κ2) is 8.85. The Bertz CT molecular complexity index is 1170. The molecule has 0 aliphatic rings. The fraction of sp³-hybridized carbons (Fsp3) is 0.227. The van der Waals surface area contributed by atoms with Crippen LogP contribution in [0.15, 0.2) is 48.5 Å². The topological polar surface area (TPSA) is 68.5 Å². The third-order valence-corrected chi connectivity index (χ3v) is 6.13. The van der Waals surface area contributed by atoms with Gasteiger partial charge in [0.2, 0.25) is 4.96 Å². The Morgan fingerprint density at radius 2 is 1.90 bits per heavy atom. The Morgan fingerprint density at radius 1 is 1.17 bits per heavy atom. The lowest BCUT2D eigenvalue weighted by molar-refractivity contribution is 0.0954. The lowest BCUT2D eigenvalue weighted by Crippen LogP contribution is -2.25. The van der Waals surface area contributed by atoms with Crippen molar-refractivity contribution in [3.05, 3.63) is 69.7 Å². The van der Waals surface area contributed by atoms with Crippen molar-refractivity contribution < 1.29 is 9.53 Å². The zero-order valence-corrected chi connectivity index (χ0v) is 18.3. The number of rotatable bonds is 7. The van der Waals surface area contributed by atoms with E-state index in [1.807, 2.05) is 42.6 Å². The van der Waals surface area contributed by atoms with Crippen molar-refractivity contribution >= 4 is 33.8 Å². The summed E-state index contributed by atoms with van der Waals surface area (Å²) >= 11 is 7.55. The molecule has 0 radical (unpaired) electrons. The van der Waals surface area contributed by atoms with Crippen LogP contribution in [0.1, 0.15) is 27.9 Å². The maximum absolute atomic E-state index is 12.3. The van der Waals surface area contributed by atoms with Crippen LogP contribution in [0.2, 0.25) is 5.02 Å². The van der Waals surface area contributed by atoms with E-state index in [-0.39, 0.29) is 5.91 Å². The summed E-state index contributed by atoms with van der Waals surface area (Å²) in [5.41, 5.74) is 2.59. The van der Waals surface area contributed by atoms with Gasteiger partial charge in [-0.15, -0.1) is 5.10 Å². The van der Waals surface area contributed by atoms with Gasteiger partial charge in [0, 0.05) is 34.0 Å². The van der Waals surface area contributed by atoms with Crippen molar-refractivity contribution in [2.75, 3.05) is 13.2 Å². The second-order valence-corrected chi connectivity index (χ2v) is 8.21. The third kappa shape index (κ3) is 4.32. The van der Waals surface area contributed by atoms with Crippen molar-refractivity contribution in [3.8, 4) is 17.1 Å². The van der Waals surface area contributed by atoms with Gasteiger partial charge in [-0.25, -0.2) is 4.52 Å². The lowest BCUT2D eigenvalue weighted by atomic mass is 10.2. The van der Waals surface area contributed by atoms with Crippen LogP contribution in [0.4, 0.5) is 0 Å². The molecule has 1 amide bonds. The molecule has 6 nitrogen and oxygen atoms in total. The molecule has 4 aromatic rings. The van der Waals surface area contributed by atoms with Crippen molar-refractivity contribution in [2.45, 2.75) is 20.3 Å². The minimum absolute atomic E-state index is 0.0971. The highest BCUT2D eigenvalue weighted by Gasteiger charge is 2.14. The number of nitrogens with zero attached hydrogens (tertiary/aromatic N) is 3. The van der Waals surface area contributed by atoms with E-state index < -0.39 is 0 Å². The van der Waals surface area contributed by atoms with Gasteiger partial charge in [0.25, 0.3) is 5.91 Å². The zero-order valence-electron chi connectivity index (χ0n) is 16.7. The standard InChI is InChI=1S/C22H21ClN4O2S/c1-3-29-18-10-6-16(7-11-18)21(28)24-13-12-19-14(2)27-22(30-19)25-20(26-27)15-4-8-17(23)9-5-15/h4-11H,3,12-13H2,1-2H3,(H,24,28). The molecule has 0 aliphatic heterocycles. The highest BCUT2D eigenvalue weighted by molar-refractivity contribution is 7.17. The van der Waals surface area contributed by atoms with E-state index in [0.29, 0.717) is 29.6 Å². The van der Waals surface area contributed by atoms with Gasteiger partial charge < -0.3 is 10.1 Å². The fourth-order valence-corrected chi connectivity index (χ4v) is 4.28. The van der Waals surface area contributed by atoms with E-state index in [0.717, 1.165) is 33.3 Å². The summed E-state index contributed by atoms with van der Waals surface area (Å²) in [5, 5.41) is 8.28. The highest BCUT2D eigenvalue weighted by atomic mass is 35.5. The van der Waals surface area contributed by atoms with E-state index in [4.69, 9.17) is 16.3 Å². The van der Waals surface area contributed by atoms with Crippen LogP contribution in [0.5, 0.6) is 5.75 Å². The molecule has 0 saturated heterocycles. The van der Waals surface area contributed by atoms with Gasteiger partial charge in [-0.1, -0.05) is 22.9 Å². The molecule has 0 atom stereocenters. The molecule has 1 N–H and O–H groups in total. The molecule has 2 aromatic carbocycles. The quantitative estimate of drug-likeness (QED) is 0.448. The number of aryl methyl sites for hydroxylation is 1. The van der Waals surface area contributed by atoms with Crippen molar-refractivity contribution in [1.29, 1.82) is 0 Å². The molecular weight excluding hydrogens is 420 g/mol. The molecular formula is C22H21ClN4O2S. The molecule has 8 heteroatoms. The van der Waals surface area contributed by atoms with Crippen LogP contribution in [0, 0.1) is 6.92 Å². The molecule has 2 aromatic heterocycles. The van der Waals surface area contributed by atoms with Gasteiger partial charge in [-0.2, -0.15) is 4.98 Å². The van der Waals surface area contributed by atoms with Crippen molar-refractivity contribution in [1.82, 2.24) is 19.9 Å². The highest BCUT2D eigenvalue weighted by Crippen LogP contribution is 2.25. The number of aromatic nitrogens is 3. The van der Waals surface area contributed by atoms with Crippen LogP contribution < -0.4 is 10.1 Å². The van der Waals surface area contributed by atoms with Crippen molar-refractivity contribution in [2.24, 2.45) is 0 Å². The number of halogens is 1. The number of carbonyl (C=O) groups excluding carboxylic acids is 1. The molecule has 0 bridgehead atoms. The van der Waals surface area contributed by atoms with Crippen LogP contribution in [-0.4, -0.2) is 33.7 Å².